The highest BCUT2D eigenvalue weighted by Crippen LogP contribution is 2.14. The second kappa shape index (κ2) is 3.43. The number of nitrogens with one attached hydrogen (secondary N) is 1. The first-order valence-electron chi connectivity index (χ1n) is 3.17. The van der Waals surface area contributed by atoms with Gasteiger partial charge in [-0.1, -0.05) is 18.3 Å². The Morgan fingerprint density at radius 2 is 2.45 bits per heavy atom. The lowest BCUT2D eigenvalue weighted by Gasteiger charge is -1.89. The predicted octanol–water partition coefficient (Wildman–Crippen LogP) is 0.873. The van der Waals surface area contributed by atoms with Crippen molar-refractivity contribution < 1.29 is 4.79 Å². The van der Waals surface area contributed by atoms with E-state index >= 15 is 0 Å². The summed E-state index contributed by atoms with van der Waals surface area (Å²) in [5.74, 6) is -0.358. The quantitative estimate of drug-likeness (QED) is 0.716. The van der Waals surface area contributed by atoms with Crippen molar-refractivity contribution in [3.8, 4) is 0 Å². The average molecular weight is 170 g/mol. The van der Waals surface area contributed by atoms with E-state index in [4.69, 9.17) is 0 Å². The standard InChI is InChI=1S/C6H8N3OS/c1-3-5-8-9-6(11-5)7-4(2)10/h2-3H2,1H3,(H,7,9,10). The number of nitrogens with zero attached hydrogens (tertiary/aromatic N) is 2. The van der Waals surface area contributed by atoms with Crippen LogP contribution in [-0.2, 0) is 11.2 Å². The lowest BCUT2D eigenvalue weighted by molar-refractivity contribution is -0.112. The Morgan fingerprint density at radius 1 is 1.73 bits per heavy atom. The van der Waals surface area contributed by atoms with Crippen molar-refractivity contribution in [2.75, 3.05) is 5.32 Å². The van der Waals surface area contributed by atoms with E-state index in [1.165, 1.54) is 11.3 Å². The smallest absolute Gasteiger partial charge is 0.226 e. The van der Waals surface area contributed by atoms with Gasteiger partial charge in [-0.05, 0) is 6.42 Å². The van der Waals surface area contributed by atoms with Crippen LogP contribution in [0.3, 0.4) is 0 Å². The van der Waals surface area contributed by atoms with Crippen molar-refractivity contribution in [3.05, 3.63) is 11.9 Å². The molecular formula is C6H8N3OS. The monoisotopic (exact) mass is 170 g/mol. The lowest BCUT2D eigenvalue weighted by atomic mass is 10.5. The highest BCUT2D eigenvalue weighted by atomic mass is 32.1. The molecular weight excluding hydrogens is 162 g/mol. The zero-order chi connectivity index (χ0) is 8.27. The molecule has 0 saturated carbocycles. The number of aryl methyl sites for hydroxylation is 1. The van der Waals surface area contributed by atoms with Gasteiger partial charge in [-0.25, -0.2) is 0 Å². The fourth-order valence-electron chi connectivity index (χ4n) is 0.566. The Hall–Kier alpha value is -0.970. The van der Waals surface area contributed by atoms with Crippen LogP contribution < -0.4 is 5.32 Å². The fourth-order valence-corrected chi connectivity index (χ4v) is 1.26. The van der Waals surface area contributed by atoms with Gasteiger partial charge in [-0.3, -0.25) is 4.79 Å². The number of carbonyl (C=O) groups is 1. The fraction of sp³-hybridized carbons (Fsp3) is 0.333. The predicted molar refractivity (Wildman–Crippen MR) is 43.3 cm³/mol. The summed E-state index contributed by atoms with van der Waals surface area (Å²) < 4.78 is 0. The summed E-state index contributed by atoms with van der Waals surface area (Å²) in [5, 5.41) is 11.4. The molecule has 0 aliphatic heterocycles. The highest BCUT2D eigenvalue weighted by molar-refractivity contribution is 7.15. The van der Waals surface area contributed by atoms with Gasteiger partial charge < -0.3 is 5.32 Å². The maximum atomic E-state index is 10.4. The molecule has 1 heterocycles. The lowest BCUT2D eigenvalue weighted by Crippen LogP contribution is -2.05. The minimum absolute atomic E-state index is 0.358. The van der Waals surface area contributed by atoms with E-state index in [-0.39, 0.29) is 5.91 Å². The highest BCUT2D eigenvalue weighted by Gasteiger charge is 2.02. The third kappa shape index (κ3) is 2.27. The van der Waals surface area contributed by atoms with Gasteiger partial charge in [0, 0.05) is 6.92 Å². The zero-order valence-electron chi connectivity index (χ0n) is 6.13. The molecule has 0 spiro atoms. The number of aromatic nitrogens is 2. The van der Waals surface area contributed by atoms with Crippen LogP contribution in [0.5, 0.6) is 0 Å². The Bertz CT molecular complexity index is 258. The van der Waals surface area contributed by atoms with Crippen LogP contribution in [0.2, 0.25) is 0 Å². The molecule has 5 heteroatoms. The Balaban J connectivity index is 2.65. The summed E-state index contributed by atoms with van der Waals surface area (Å²) in [7, 11) is 0. The Kier molecular flexibility index (Phi) is 2.53. The number of rotatable bonds is 2. The van der Waals surface area contributed by atoms with E-state index in [9.17, 15) is 4.79 Å². The van der Waals surface area contributed by atoms with Crippen LogP contribution in [-0.4, -0.2) is 16.1 Å². The minimum atomic E-state index is -0.358. The summed E-state index contributed by atoms with van der Waals surface area (Å²) in [4.78, 5) is 10.4. The van der Waals surface area contributed by atoms with Crippen LogP contribution in [0.1, 0.15) is 11.9 Å². The molecule has 0 atom stereocenters. The first-order chi connectivity index (χ1) is 5.22. The van der Waals surface area contributed by atoms with Crippen molar-refractivity contribution in [1.82, 2.24) is 10.2 Å². The summed E-state index contributed by atoms with van der Waals surface area (Å²) in [6.45, 7) is 5.14. The second-order valence-electron chi connectivity index (χ2n) is 1.90. The third-order valence-corrected chi connectivity index (χ3v) is 2.00. The maximum Gasteiger partial charge on any atom is 0.226 e. The third-order valence-electron chi connectivity index (χ3n) is 1.02. The zero-order valence-corrected chi connectivity index (χ0v) is 6.94. The second-order valence-corrected chi connectivity index (χ2v) is 2.96. The average Bonchev–Trinajstić information content (AvgIpc) is 2.34. The van der Waals surface area contributed by atoms with Gasteiger partial charge in [0.2, 0.25) is 11.0 Å². The molecule has 0 saturated heterocycles. The molecule has 1 radical (unpaired) electrons. The van der Waals surface area contributed by atoms with Crippen LogP contribution in [0.4, 0.5) is 5.13 Å². The molecule has 4 nitrogen and oxygen atoms in total. The molecule has 0 aromatic carbocycles. The van der Waals surface area contributed by atoms with Gasteiger partial charge in [-0.15, -0.1) is 10.2 Å². The number of amides is 1. The van der Waals surface area contributed by atoms with Crippen LogP contribution in [0.25, 0.3) is 0 Å². The summed E-state index contributed by atoms with van der Waals surface area (Å²) in [5.41, 5.74) is 0. The van der Waals surface area contributed by atoms with Crippen molar-refractivity contribution in [2.45, 2.75) is 13.3 Å². The van der Waals surface area contributed by atoms with Gasteiger partial charge in [-0.2, -0.15) is 0 Å². The molecule has 1 aromatic heterocycles. The molecule has 1 amide bonds. The molecule has 0 aliphatic carbocycles. The summed E-state index contributed by atoms with van der Waals surface area (Å²) in [6.07, 6.45) is 0.838. The number of hydrogen-bond donors (Lipinski definition) is 1. The van der Waals surface area contributed by atoms with Crippen molar-refractivity contribution >= 4 is 22.4 Å². The topological polar surface area (TPSA) is 54.9 Å². The van der Waals surface area contributed by atoms with E-state index in [2.05, 4.69) is 22.4 Å². The molecule has 0 fully saturated rings. The van der Waals surface area contributed by atoms with Gasteiger partial charge in [0.15, 0.2) is 0 Å². The Labute approximate surface area is 68.7 Å². The van der Waals surface area contributed by atoms with Gasteiger partial charge in [0.05, 0.1) is 0 Å². The van der Waals surface area contributed by atoms with Crippen molar-refractivity contribution in [3.63, 3.8) is 0 Å². The summed E-state index contributed by atoms with van der Waals surface area (Å²) in [6, 6.07) is 0. The van der Waals surface area contributed by atoms with Gasteiger partial charge >= 0.3 is 0 Å². The minimum Gasteiger partial charge on any atom is -0.301 e. The van der Waals surface area contributed by atoms with Crippen LogP contribution in [0.15, 0.2) is 0 Å². The number of hydrogen-bond acceptors (Lipinski definition) is 4. The largest absolute Gasteiger partial charge is 0.301 e. The molecule has 1 aromatic rings. The van der Waals surface area contributed by atoms with Gasteiger partial charge in [0.25, 0.3) is 0 Å². The molecule has 59 valence electrons. The van der Waals surface area contributed by atoms with Crippen LogP contribution in [0, 0.1) is 6.92 Å². The first-order valence-corrected chi connectivity index (χ1v) is 3.99. The van der Waals surface area contributed by atoms with E-state index < -0.39 is 0 Å². The van der Waals surface area contributed by atoms with Crippen molar-refractivity contribution in [1.29, 1.82) is 0 Å². The molecule has 0 unspecified atom stereocenters. The number of anilines is 1. The van der Waals surface area contributed by atoms with E-state index in [0.29, 0.717) is 5.13 Å². The van der Waals surface area contributed by atoms with Crippen LogP contribution >= 0.6 is 11.3 Å². The van der Waals surface area contributed by atoms with E-state index in [1.807, 2.05) is 6.92 Å². The van der Waals surface area contributed by atoms with E-state index in [0.717, 1.165) is 11.4 Å². The van der Waals surface area contributed by atoms with E-state index in [1.54, 1.807) is 0 Å². The maximum absolute atomic E-state index is 10.4. The van der Waals surface area contributed by atoms with Crippen molar-refractivity contribution in [2.24, 2.45) is 0 Å². The molecule has 0 aliphatic rings. The normalized spacial score (nSPS) is 9.64. The first kappa shape index (κ1) is 8.13. The molecule has 11 heavy (non-hydrogen) atoms. The van der Waals surface area contributed by atoms with Gasteiger partial charge in [0.1, 0.15) is 5.01 Å². The molecule has 1 N–H and O–H groups in total. The summed E-state index contributed by atoms with van der Waals surface area (Å²) >= 11 is 1.37. The SMILES string of the molecule is [CH2]C(=O)Nc1nnc(CC)s1. The molecule has 1 rings (SSSR count). The number of carbonyl (C=O) groups excluding carboxylic acids is 1. The Morgan fingerprint density at radius 3 is 2.91 bits per heavy atom. The molecule has 0 bridgehead atoms.